The molecule has 14 heteroatoms. The van der Waals surface area contributed by atoms with Gasteiger partial charge >= 0.3 is 30.4 Å². The number of carbonyl (C=O) groups excluding carboxylic acids is 3. The summed E-state index contributed by atoms with van der Waals surface area (Å²) in [5.41, 5.74) is -3.93. The summed E-state index contributed by atoms with van der Waals surface area (Å²) in [5.74, 6) is -1.65. The summed E-state index contributed by atoms with van der Waals surface area (Å²) < 4.78 is 89.7. The highest BCUT2D eigenvalue weighted by Crippen LogP contribution is 2.38. The fourth-order valence-corrected chi connectivity index (χ4v) is 4.48. The van der Waals surface area contributed by atoms with Crippen LogP contribution in [0, 0.1) is 5.92 Å². The standard InChI is InChI=1S/C28H31F6N3O5/c1-5-41-23(38)21-9-10-37(25(40)42-26(2,3)4)15-22(21)16-7-6-8-19(11-16)35-24(39)36-20-13-17(27(29,30)31)12-18(14-20)28(32,33)34/h6-8,11-14,21-22H,5,9-10,15H2,1-4H3,(H2,35,36,39). The van der Waals surface area contributed by atoms with Crippen LogP contribution in [0.4, 0.5) is 47.3 Å². The number of amides is 3. The van der Waals surface area contributed by atoms with Crippen LogP contribution in [0.5, 0.6) is 0 Å². The third kappa shape index (κ3) is 8.76. The second kappa shape index (κ2) is 12.5. The third-order valence-corrected chi connectivity index (χ3v) is 6.27. The number of benzene rings is 2. The molecule has 0 spiro atoms. The van der Waals surface area contributed by atoms with E-state index in [0.29, 0.717) is 17.7 Å². The first-order valence-corrected chi connectivity index (χ1v) is 13.0. The number of carbonyl (C=O) groups is 3. The van der Waals surface area contributed by atoms with Gasteiger partial charge in [-0.25, -0.2) is 9.59 Å². The summed E-state index contributed by atoms with van der Waals surface area (Å²) in [4.78, 5) is 39.5. The molecular formula is C28H31F6N3O5. The highest BCUT2D eigenvalue weighted by Gasteiger charge is 2.39. The van der Waals surface area contributed by atoms with Crippen molar-refractivity contribution in [2.24, 2.45) is 5.92 Å². The first-order valence-electron chi connectivity index (χ1n) is 13.0. The number of rotatable bonds is 5. The van der Waals surface area contributed by atoms with E-state index in [1.54, 1.807) is 39.8 Å². The van der Waals surface area contributed by atoms with Crippen LogP contribution in [0.3, 0.4) is 0 Å². The van der Waals surface area contributed by atoms with Crippen LogP contribution in [-0.2, 0) is 26.6 Å². The van der Waals surface area contributed by atoms with Crippen molar-refractivity contribution in [1.82, 2.24) is 4.90 Å². The lowest BCUT2D eigenvalue weighted by molar-refractivity contribution is -0.150. The highest BCUT2D eigenvalue weighted by atomic mass is 19.4. The Labute approximate surface area is 238 Å². The smallest absolute Gasteiger partial charge is 0.416 e. The van der Waals surface area contributed by atoms with Crippen molar-refractivity contribution >= 4 is 29.5 Å². The lowest BCUT2D eigenvalue weighted by atomic mass is 9.80. The Hall–Kier alpha value is -3.97. The molecular weight excluding hydrogens is 572 g/mol. The van der Waals surface area contributed by atoms with E-state index in [2.05, 4.69) is 5.32 Å². The zero-order chi connectivity index (χ0) is 31.5. The average Bonchev–Trinajstić information content (AvgIpc) is 2.86. The third-order valence-electron chi connectivity index (χ3n) is 6.27. The Balaban J connectivity index is 1.84. The summed E-state index contributed by atoms with van der Waals surface area (Å²) in [5, 5.41) is 4.39. The summed E-state index contributed by atoms with van der Waals surface area (Å²) in [7, 11) is 0. The Morgan fingerprint density at radius 1 is 0.905 bits per heavy atom. The predicted octanol–water partition coefficient (Wildman–Crippen LogP) is 7.27. The van der Waals surface area contributed by atoms with Crippen molar-refractivity contribution in [1.29, 1.82) is 0 Å². The number of anilines is 2. The zero-order valence-electron chi connectivity index (χ0n) is 23.3. The van der Waals surface area contributed by atoms with Crippen molar-refractivity contribution in [3.63, 3.8) is 0 Å². The lowest BCUT2D eigenvalue weighted by Gasteiger charge is -2.38. The molecule has 8 nitrogen and oxygen atoms in total. The maximum atomic E-state index is 13.2. The molecule has 0 radical (unpaired) electrons. The van der Waals surface area contributed by atoms with Gasteiger partial charge in [0.25, 0.3) is 0 Å². The van der Waals surface area contributed by atoms with Gasteiger partial charge < -0.3 is 25.0 Å². The molecule has 1 fully saturated rings. The van der Waals surface area contributed by atoms with Crippen LogP contribution in [0.15, 0.2) is 42.5 Å². The average molecular weight is 604 g/mol. The van der Waals surface area contributed by atoms with E-state index < -0.39 is 64.7 Å². The van der Waals surface area contributed by atoms with Crippen LogP contribution in [-0.4, -0.2) is 48.3 Å². The minimum Gasteiger partial charge on any atom is -0.466 e. The Morgan fingerprint density at radius 2 is 1.50 bits per heavy atom. The number of hydrogen-bond acceptors (Lipinski definition) is 5. The number of nitrogens with zero attached hydrogens (tertiary/aromatic N) is 1. The molecule has 1 heterocycles. The van der Waals surface area contributed by atoms with Gasteiger partial charge in [-0.15, -0.1) is 0 Å². The van der Waals surface area contributed by atoms with E-state index in [4.69, 9.17) is 9.47 Å². The molecule has 2 aromatic rings. The first-order chi connectivity index (χ1) is 19.4. The minimum absolute atomic E-state index is 0.0444. The molecule has 2 N–H and O–H groups in total. The van der Waals surface area contributed by atoms with Crippen molar-refractivity contribution in [3.8, 4) is 0 Å². The van der Waals surface area contributed by atoms with E-state index in [1.807, 2.05) is 5.32 Å². The van der Waals surface area contributed by atoms with Gasteiger partial charge in [0.2, 0.25) is 0 Å². The maximum absolute atomic E-state index is 13.2. The van der Waals surface area contributed by atoms with Crippen LogP contribution in [0.25, 0.3) is 0 Å². The molecule has 0 aromatic heterocycles. The van der Waals surface area contributed by atoms with Gasteiger partial charge in [-0.05, 0) is 70.0 Å². The number of urea groups is 1. The fraction of sp³-hybridized carbons (Fsp3) is 0.464. The number of alkyl halides is 6. The fourth-order valence-electron chi connectivity index (χ4n) is 4.48. The van der Waals surface area contributed by atoms with E-state index in [0.717, 1.165) is 0 Å². The molecule has 230 valence electrons. The molecule has 42 heavy (non-hydrogen) atoms. The van der Waals surface area contributed by atoms with E-state index in [1.165, 1.54) is 17.0 Å². The predicted molar refractivity (Wildman–Crippen MR) is 141 cm³/mol. The molecule has 2 aromatic carbocycles. The van der Waals surface area contributed by atoms with Crippen molar-refractivity contribution in [2.75, 3.05) is 30.3 Å². The number of nitrogens with one attached hydrogen (secondary N) is 2. The quantitative estimate of drug-likeness (QED) is 0.277. The number of halogens is 6. The van der Waals surface area contributed by atoms with Gasteiger partial charge in [0, 0.05) is 30.4 Å². The van der Waals surface area contributed by atoms with Crippen LogP contribution in [0.2, 0.25) is 0 Å². The highest BCUT2D eigenvalue weighted by molar-refractivity contribution is 6.00. The van der Waals surface area contributed by atoms with Gasteiger partial charge in [0.1, 0.15) is 5.60 Å². The molecule has 1 aliphatic rings. The molecule has 2 unspecified atom stereocenters. The molecule has 3 rings (SSSR count). The van der Waals surface area contributed by atoms with Gasteiger partial charge in [-0.2, -0.15) is 26.3 Å². The number of hydrogen-bond donors (Lipinski definition) is 2. The van der Waals surface area contributed by atoms with Gasteiger partial charge in [0.15, 0.2) is 0 Å². The van der Waals surface area contributed by atoms with Crippen molar-refractivity contribution in [2.45, 2.75) is 58.0 Å². The molecule has 1 aliphatic heterocycles. The van der Waals surface area contributed by atoms with E-state index in [-0.39, 0.29) is 37.9 Å². The Kier molecular flexibility index (Phi) is 9.68. The van der Waals surface area contributed by atoms with Crippen LogP contribution >= 0.6 is 0 Å². The Morgan fingerprint density at radius 3 is 2.05 bits per heavy atom. The van der Waals surface area contributed by atoms with Crippen LogP contribution in [0.1, 0.15) is 56.7 Å². The second-order valence-corrected chi connectivity index (χ2v) is 10.7. The molecule has 0 aliphatic carbocycles. The SMILES string of the molecule is CCOC(=O)C1CCN(C(=O)OC(C)(C)C)CC1c1cccc(NC(=O)Nc2cc(C(F)(F)F)cc(C(F)(F)F)c2)c1. The minimum atomic E-state index is -5.08. The van der Waals surface area contributed by atoms with E-state index >= 15 is 0 Å². The summed E-state index contributed by atoms with van der Waals surface area (Å²) in [6.45, 7) is 7.30. The second-order valence-electron chi connectivity index (χ2n) is 10.7. The molecule has 0 bridgehead atoms. The van der Waals surface area contributed by atoms with Gasteiger partial charge in [-0.3, -0.25) is 4.79 Å². The van der Waals surface area contributed by atoms with E-state index in [9.17, 15) is 40.7 Å². The number of esters is 1. The molecule has 3 amide bonds. The van der Waals surface area contributed by atoms with Crippen LogP contribution < -0.4 is 10.6 Å². The molecule has 2 atom stereocenters. The van der Waals surface area contributed by atoms with Crippen molar-refractivity contribution < 1.29 is 50.2 Å². The van der Waals surface area contributed by atoms with Gasteiger partial charge in [0.05, 0.1) is 23.7 Å². The molecule has 0 saturated carbocycles. The number of ether oxygens (including phenoxy) is 2. The Bertz CT molecular complexity index is 1270. The lowest BCUT2D eigenvalue weighted by Crippen LogP contribution is -2.47. The maximum Gasteiger partial charge on any atom is 0.416 e. The normalized spacial score (nSPS) is 17.8. The van der Waals surface area contributed by atoms with Crippen molar-refractivity contribution in [3.05, 3.63) is 59.2 Å². The number of likely N-dealkylation sites (tertiary alicyclic amines) is 1. The largest absolute Gasteiger partial charge is 0.466 e. The number of piperidine rings is 1. The molecule has 1 saturated heterocycles. The monoisotopic (exact) mass is 603 g/mol. The topological polar surface area (TPSA) is 97.0 Å². The zero-order valence-corrected chi connectivity index (χ0v) is 23.3. The van der Waals surface area contributed by atoms with Gasteiger partial charge in [-0.1, -0.05) is 12.1 Å². The summed E-state index contributed by atoms with van der Waals surface area (Å²) in [6, 6.07) is 5.81. The first kappa shape index (κ1) is 32.5. The summed E-state index contributed by atoms with van der Waals surface area (Å²) >= 11 is 0. The summed E-state index contributed by atoms with van der Waals surface area (Å²) in [6.07, 6.45) is -10.4.